The first-order valence-electron chi connectivity index (χ1n) is 8.13. The number of amides is 1. The lowest BCUT2D eigenvalue weighted by Crippen LogP contribution is -2.47. The highest BCUT2D eigenvalue weighted by atomic mass is 35.5. The first-order valence-corrected chi connectivity index (χ1v) is 8.88. The minimum absolute atomic E-state index is 0.0534. The topological polar surface area (TPSA) is 60.5 Å². The molecule has 1 fully saturated rings. The zero-order chi connectivity index (χ0) is 18.7. The van der Waals surface area contributed by atoms with Crippen molar-refractivity contribution in [3.63, 3.8) is 0 Å². The fourth-order valence-corrected chi connectivity index (χ4v) is 3.23. The number of carbonyl (C=O) groups is 1. The van der Waals surface area contributed by atoms with Crippen molar-refractivity contribution in [2.45, 2.75) is 0 Å². The number of piperazine rings is 1. The molecule has 1 aromatic carbocycles. The smallest absolute Gasteiger partial charge is 0.264 e. The molecule has 1 aliphatic heterocycles. The molecule has 26 heavy (non-hydrogen) atoms. The maximum atomic E-state index is 12.5. The lowest BCUT2D eigenvalue weighted by Gasteiger charge is -2.32. The summed E-state index contributed by atoms with van der Waals surface area (Å²) in [5.41, 5.74) is 0.747. The molecule has 0 aliphatic carbocycles. The zero-order valence-electron chi connectivity index (χ0n) is 14.2. The van der Waals surface area contributed by atoms with Crippen LogP contribution in [0.3, 0.4) is 0 Å². The second-order valence-electron chi connectivity index (χ2n) is 6.09. The predicted octanol–water partition coefficient (Wildman–Crippen LogP) is 3.93. The zero-order valence-corrected chi connectivity index (χ0v) is 15.7. The Kier molecular flexibility index (Phi) is 5.67. The van der Waals surface area contributed by atoms with Crippen molar-refractivity contribution in [3.05, 3.63) is 51.7 Å². The van der Waals surface area contributed by atoms with Gasteiger partial charge in [0.15, 0.2) is 0 Å². The highest BCUT2D eigenvalue weighted by molar-refractivity contribution is 6.36. The number of furan rings is 1. The summed E-state index contributed by atoms with van der Waals surface area (Å²) < 4.78 is 5.74. The van der Waals surface area contributed by atoms with E-state index in [2.05, 4.69) is 4.90 Å². The molecule has 0 bridgehead atoms. The molecule has 1 saturated heterocycles. The van der Waals surface area contributed by atoms with Crippen LogP contribution < -0.4 is 0 Å². The molecular weight excluding hydrogens is 373 g/mol. The van der Waals surface area contributed by atoms with E-state index in [9.17, 15) is 10.1 Å². The van der Waals surface area contributed by atoms with Crippen molar-refractivity contribution in [2.24, 2.45) is 0 Å². The van der Waals surface area contributed by atoms with Crippen LogP contribution in [-0.2, 0) is 4.79 Å². The largest absolute Gasteiger partial charge is 0.457 e. The molecule has 0 unspecified atom stereocenters. The van der Waals surface area contributed by atoms with E-state index in [0.29, 0.717) is 40.2 Å². The minimum Gasteiger partial charge on any atom is -0.457 e. The highest BCUT2D eigenvalue weighted by Gasteiger charge is 2.22. The minimum atomic E-state index is -0.275. The van der Waals surface area contributed by atoms with Crippen LogP contribution in [-0.4, -0.2) is 48.9 Å². The lowest BCUT2D eigenvalue weighted by molar-refractivity contribution is -0.128. The summed E-state index contributed by atoms with van der Waals surface area (Å²) in [6.45, 7) is 2.81. The number of halogens is 2. The average molecular weight is 390 g/mol. The number of likely N-dealkylation sites (N-methyl/N-ethyl adjacent to an activating group) is 1. The van der Waals surface area contributed by atoms with Gasteiger partial charge >= 0.3 is 0 Å². The molecule has 1 amide bonds. The molecule has 134 valence electrons. The van der Waals surface area contributed by atoms with Crippen molar-refractivity contribution in [1.29, 1.82) is 5.26 Å². The molecule has 5 nitrogen and oxygen atoms in total. The predicted molar refractivity (Wildman–Crippen MR) is 102 cm³/mol. The first-order chi connectivity index (χ1) is 12.5. The summed E-state index contributed by atoms with van der Waals surface area (Å²) in [5, 5.41) is 10.4. The summed E-state index contributed by atoms with van der Waals surface area (Å²) in [6.07, 6.45) is 1.47. The van der Waals surface area contributed by atoms with Crippen molar-refractivity contribution in [3.8, 4) is 17.4 Å². The number of rotatable bonds is 3. The Morgan fingerprint density at radius 3 is 2.58 bits per heavy atom. The Balaban J connectivity index is 1.81. The number of hydrogen-bond acceptors (Lipinski definition) is 4. The van der Waals surface area contributed by atoms with Crippen LogP contribution in [0.15, 0.2) is 40.3 Å². The van der Waals surface area contributed by atoms with E-state index in [0.717, 1.165) is 13.1 Å². The fraction of sp³-hybridized carbons (Fsp3) is 0.263. The van der Waals surface area contributed by atoms with E-state index in [4.69, 9.17) is 27.6 Å². The molecule has 7 heteroatoms. The van der Waals surface area contributed by atoms with Gasteiger partial charge in [0, 0.05) is 42.8 Å². The molecule has 0 atom stereocenters. The maximum absolute atomic E-state index is 12.5. The normalized spacial score (nSPS) is 15.8. The molecule has 2 aromatic rings. The van der Waals surface area contributed by atoms with Crippen LogP contribution in [0.4, 0.5) is 0 Å². The molecule has 0 radical (unpaired) electrons. The van der Waals surface area contributed by atoms with Gasteiger partial charge in [-0.15, -0.1) is 0 Å². The third kappa shape index (κ3) is 4.10. The number of carbonyl (C=O) groups excluding carboxylic acids is 1. The summed E-state index contributed by atoms with van der Waals surface area (Å²) in [5.74, 6) is 0.690. The Morgan fingerprint density at radius 2 is 1.92 bits per heavy atom. The second-order valence-corrected chi connectivity index (χ2v) is 6.94. The molecule has 2 heterocycles. The van der Waals surface area contributed by atoms with Crippen LogP contribution in [0.25, 0.3) is 17.4 Å². The summed E-state index contributed by atoms with van der Waals surface area (Å²) in [6, 6.07) is 10.5. The van der Waals surface area contributed by atoms with E-state index >= 15 is 0 Å². The van der Waals surface area contributed by atoms with Gasteiger partial charge in [0.05, 0.1) is 5.02 Å². The van der Waals surface area contributed by atoms with E-state index in [-0.39, 0.29) is 11.5 Å². The van der Waals surface area contributed by atoms with Crippen LogP contribution in [0.5, 0.6) is 0 Å². The van der Waals surface area contributed by atoms with E-state index in [1.165, 1.54) is 6.08 Å². The quantitative estimate of drug-likeness (QED) is 0.589. The number of hydrogen-bond donors (Lipinski definition) is 0. The Labute approximate surface area is 162 Å². The third-order valence-corrected chi connectivity index (χ3v) is 4.80. The first kappa shape index (κ1) is 18.5. The summed E-state index contributed by atoms with van der Waals surface area (Å²) in [7, 11) is 2.01. The van der Waals surface area contributed by atoms with Crippen molar-refractivity contribution < 1.29 is 9.21 Å². The molecular formula is C19H17Cl2N3O2. The van der Waals surface area contributed by atoms with E-state index in [1.54, 1.807) is 35.2 Å². The van der Waals surface area contributed by atoms with Gasteiger partial charge in [0.2, 0.25) is 0 Å². The average Bonchev–Trinajstić information content (AvgIpc) is 3.08. The summed E-state index contributed by atoms with van der Waals surface area (Å²) >= 11 is 12.1. The maximum Gasteiger partial charge on any atom is 0.264 e. The molecule has 1 aliphatic rings. The van der Waals surface area contributed by atoms with Gasteiger partial charge in [-0.05, 0) is 37.4 Å². The van der Waals surface area contributed by atoms with Crippen molar-refractivity contribution in [2.75, 3.05) is 33.2 Å². The van der Waals surface area contributed by atoms with Gasteiger partial charge in [0.1, 0.15) is 23.2 Å². The Morgan fingerprint density at radius 1 is 1.19 bits per heavy atom. The van der Waals surface area contributed by atoms with E-state index in [1.807, 2.05) is 13.1 Å². The van der Waals surface area contributed by atoms with Crippen LogP contribution in [0.1, 0.15) is 5.76 Å². The van der Waals surface area contributed by atoms with Gasteiger partial charge < -0.3 is 14.2 Å². The van der Waals surface area contributed by atoms with E-state index < -0.39 is 0 Å². The molecule has 1 aromatic heterocycles. The van der Waals surface area contributed by atoms with Crippen LogP contribution in [0, 0.1) is 11.3 Å². The molecule has 0 N–H and O–H groups in total. The monoisotopic (exact) mass is 389 g/mol. The lowest BCUT2D eigenvalue weighted by atomic mass is 10.2. The number of nitrogens with zero attached hydrogens (tertiary/aromatic N) is 3. The molecule has 0 saturated carbocycles. The van der Waals surface area contributed by atoms with Gasteiger partial charge in [-0.1, -0.05) is 23.2 Å². The van der Waals surface area contributed by atoms with Gasteiger partial charge in [0.25, 0.3) is 5.91 Å². The molecule has 0 spiro atoms. The SMILES string of the molecule is CN1CCN(C(=O)C(C#N)=Cc2ccc(-c3ccc(Cl)cc3Cl)o2)CC1. The number of benzene rings is 1. The Bertz CT molecular complexity index is 890. The van der Waals surface area contributed by atoms with Gasteiger partial charge in [-0.2, -0.15) is 5.26 Å². The standard InChI is InChI=1S/C19H17Cl2N3O2/c1-23-6-8-24(9-7-23)19(25)13(12-22)10-15-3-5-18(26-15)16-4-2-14(20)11-17(16)21/h2-5,10-11H,6-9H2,1H3. The molecule has 3 rings (SSSR count). The van der Waals surface area contributed by atoms with Crippen LogP contribution >= 0.6 is 23.2 Å². The van der Waals surface area contributed by atoms with Crippen molar-refractivity contribution in [1.82, 2.24) is 9.80 Å². The van der Waals surface area contributed by atoms with Gasteiger partial charge in [-0.25, -0.2) is 0 Å². The highest BCUT2D eigenvalue weighted by Crippen LogP contribution is 2.32. The van der Waals surface area contributed by atoms with Crippen LogP contribution in [0.2, 0.25) is 10.0 Å². The van der Waals surface area contributed by atoms with Crippen molar-refractivity contribution >= 4 is 35.2 Å². The summed E-state index contributed by atoms with van der Waals surface area (Å²) in [4.78, 5) is 16.4. The van der Waals surface area contributed by atoms with Gasteiger partial charge in [-0.3, -0.25) is 4.79 Å². The number of nitriles is 1. The third-order valence-electron chi connectivity index (χ3n) is 4.25. The second kappa shape index (κ2) is 7.96. The fourth-order valence-electron chi connectivity index (χ4n) is 2.73. The Hall–Kier alpha value is -2.26.